The summed E-state index contributed by atoms with van der Waals surface area (Å²) >= 11 is 0. The van der Waals surface area contributed by atoms with Gasteiger partial charge in [-0.1, -0.05) is 35.8 Å². The molecule has 5 rings (SSSR count). The van der Waals surface area contributed by atoms with Crippen LogP contribution in [-0.2, 0) is 4.74 Å². The second kappa shape index (κ2) is 15.5. The van der Waals surface area contributed by atoms with E-state index in [4.69, 9.17) is 19.9 Å². The monoisotopic (exact) mass is 642 g/mol. The van der Waals surface area contributed by atoms with Crippen LogP contribution in [0.3, 0.4) is 0 Å². The zero-order valence-corrected chi connectivity index (χ0v) is 25.5. The molecule has 10 atom stereocenters. The molecular weight excluding hydrogens is 604 g/mol. The van der Waals surface area contributed by atoms with Gasteiger partial charge >= 0.3 is 0 Å². The molecule has 3 aromatic carbocycles. The van der Waals surface area contributed by atoms with Crippen LogP contribution in [0.15, 0.2) is 77.8 Å². The molecule has 2 aliphatic rings. The van der Waals surface area contributed by atoms with Crippen LogP contribution in [0, 0.1) is 29.6 Å². The number of nitrogens with zero attached hydrogens (tertiary/aromatic N) is 1. The molecule has 2 fully saturated rings. The Bertz CT molecular complexity index is 1640. The largest absolute Gasteiger partial charge is 0.488 e. The zero-order valence-electron chi connectivity index (χ0n) is 25.5. The van der Waals surface area contributed by atoms with Crippen LogP contribution in [0.5, 0.6) is 11.5 Å². The molecule has 1 heterocycles. The molecule has 246 valence electrons. The van der Waals surface area contributed by atoms with Crippen molar-refractivity contribution >= 4 is 6.72 Å². The Kier molecular flexibility index (Phi) is 11.3. The summed E-state index contributed by atoms with van der Waals surface area (Å²) in [5.41, 5.74) is 8.90. The first-order valence-electron chi connectivity index (χ1n) is 15.2. The van der Waals surface area contributed by atoms with Crippen molar-refractivity contribution in [3.05, 3.63) is 95.1 Å². The second-order valence-corrected chi connectivity index (χ2v) is 11.5. The van der Waals surface area contributed by atoms with E-state index in [0.717, 1.165) is 11.1 Å². The molecule has 1 saturated heterocycles. The van der Waals surface area contributed by atoms with E-state index in [1.165, 1.54) is 0 Å². The van der Waals surface area contributed by atoms with Crippen molar-refractivity contribution < 1.29 is 44.8 Å². The molecule has 3 aromatic rings. The van der Waals surface area contributed by atoms with Crippen LogP contribution >= 0.6 is 0 Å². The highest BCUT2D eigenvalue weighted by Gasteiger charge is 2.45. The number of rotatable bonds is 7. The number of nitrogens with two attached hydrogens (primary N) is 1. The summed E-state index contributed by atoms with van der Waals surface area (Å²) in [6, 6.07) is 19.8. The third-order valence-electron chi connectivity index (χ3n) is 8.27. The molecule has 0 aromatic heterocycles. The highest BCUT2D eigenvalue weighted by molar-refractivity contribution is 5.49. The SMILES string of the molecule is C=N[C@@H]1[C@@H](O)[C@H](O)[C@@H](CO)C[C@H]1Oc1cccc(C#Cc2ccc(C#Cc3cccc(O[C@@H]4O[C@H](CO)[C@@H](O)[C@H](O)[C@H]4N)c3)cc2)c1. The predicted molar refractivity (Wildman–Crippen MR) is 173 cm³/mol. The number of aliphatic hydroxyl groups excluding tert-OH is 6. The average molecular weight is 643 g/mol. The van der Waals surface area contributed by atoms with Crippen LogP contribution < -0.4 is 15.2 Å². The molecule has 1 aliphatic heterocycles. The Morgan fingerprint density at radius 2 is 1.28 bits per heavy atom. The van der Waals surface area contributed by atoms with Crippen molar-refractivity contribution in [1.29, 1.82) is 0 Å². The molecule has 11 heteroatoms. The lowest BCUT2D eigenvalue weighted by Gasteiger charge is -2.40. The Labute approximate surface area is 272 Å². The summed E-state index contributed by atoms with van der Waals surface area (Å²) in [6.45, 7) is 2.76. The number of aliphatic imine (C=N–C) groups is 1. The Balaban J connectivity index is 1.21. The van der Waals surface area contributed by atoms with Crippen molar-refractivity contribution in [2.75, 3.05) is 13.2 Å². The van der Waals surface area contributed by atoms with E-state index in [1.807, 2.05) is 42.5 Å². The Morgan fingerprint density at radius 3 is 1.81 bits per heavy atom. The van der Waals surface area contributed by atoms with Gasteiger partial charge in [0.15, 0.2) is 0 Å². The Morgan fingerprint density at radius 1 is 0.723 bits per heavy atom. The maximum Gasteiger partial charge on any atom is 0.218 e. The summed E-state index contributed by atoms with van der Waals surface area (Å²) in [6.07, 6.45) is -7.27. The van der Waals surface area contributed by atoms with E-state index in [0.29, 0.717) is 29.0 Å². The minimum absolute atomic E-state index is 0.279. The first-order chi connectivity index (χ1) is 22.7. The maximum absolute atomic E-state index is 10.4. The predicted octanol–water partition coefficient (Wildman–Crippen LogP) is 0.182. The summed E-state index contributed by atoms with van der Waals surface area (Å²) in [5.74, 6) is 12.8. The van der Waals surface area contributed by atoms with Gasteiger partial charge in [-0.05, 0) is 73.8 Å². The smallest absolute Gasteiger partial charge is 0.218 e. The molecule has 47 heavy (non-hydrogen) atoms. The fourth-order valence-electron chi connectivity index (χ4n) is 5.54. The quantitative estimate of drug-likeness (QED) is 0.138. The number of ether oxygens (including phenoxy) is 3. The van der Waals surface area contributed by atoms with E-state index in [2.05, 4.69) is 35.4 Å². The van der Waals surface area contributed by atoms with Gasteiger partial charge in [0.05, 0.1) is 18.8 Å². The van der Waals surface area contributed by atoms with Crippen LogP contribution in [0.4, 0.5) is 0 Å². The van der Waals surface area contributed by atoms with E-state index in [-0.39, 0.29) is 6.61 Å². The third kappa shape index (κ3) is 8.18. The molecule has 0 spiro atoms. The standard InChI is InChI=1S/C36H38N2O9/c1-38-31-28(18-25(19-39)32(41)35(31)44)45-26-6-2-4-23(16-26)14-12-21-8-10-22(11-9-21)13-15-24-5-3-7-27(17-24)46-36-30(37)34(43)33(42)29(20-40)47-36/h2-11,16-17,25,28-36,39-44H,1,18-20,37H2/t25-,28-,29-,30-,31+,32-,33-,34-,35-,36-/m1/s1. The fourth-order valence-corrected chi connectivity index (χ4v) is 5.54. The summed E-state index contributed by atoms with van der Waals surface area (Å²) < 4.78 is 17.4. The van der Waals surface area contributed by atoms with Gasteiger partial charge in [-0.3, -0.25) is 4.99 Å². The van der Waals surface area contributed by atoms with Crippen LogP contribution in [0.25, 0.3) is 0 Å². The summed E-state index contributed by atoms with van der Waals surface area (Å²) in [5, 5.41) is 59.9. The normalized spacial score (nSPS) is 30.2. The van der Waals surface area contributed by atoms with Crippen molar-refractivity contribution in [1.82, 2.24) is 0 Å². The van der Waals surface area contributed by atoms with Crippen LogP contribution in [-0.4, -0.2) is 106 Å². The van der Waals surface area contributed by atoms with E-state index >= 15 is 0 Å². The number of hydrogen-bond acceptors (Lipinski definition) is 11. The van der Waals surface area contributed by atoms with Gasteiger partial charge in [-0.2, -0.15) is 0 Å². The van der Waals surface area contributed by atoms with E-state index in [9.17, 15) is 30.6 Å². The number of aliphatic hydroxyl groups is 6. The first kappa shape index (κ1) is 34.1. The lowest BCUT2D eigenvalue weighted by molar-refractivity contribution is -0.239. The van der Waals surface area contributed by atoms with Gasteiger partial charge in [0.25, 0.3) is 0 Å². The lowest BCUT2D eigenvalue weighted by Crippen LogP contribution is -2.63. The molecule has 0 radical (unpaired) electrons. The summed E-state index contributed by atoms with van der Waals surface area (Å²) in [4.78, 5) is 3.96. The third-order valence-corrected chi connectivity index (χ3v) is 8.27. The lowest BCUT2D eigenvalue weighted by atomic mass is 9.80. The van der Waals surface area contributed by atoms with Crippen LogP contribution in [0.2, 0.25) is 0 Å². The second-order valence-electron chi connectivity index (χ2n) is 11.5. The number of benzene rings is 3. The van der Waals surface area contributed by atoms with Crippen molar-refractivity contribution in [2.45, 2.75) is 61.4 Å². The summed E-state index contributed by atoms with van der Waals surface area (Å²) in [7, 11) is 0. The van der Waals surface area contributed by atoms with Crippen molar-refractivity contribution in [3.63, 3.8) is 0 Å². The van der Waals surface area contributed by atoms with Gasteiger partial charge in [-0.25, -0.2) is 0 Å². The van der Waals surface area contributed by atoms with Gasteiger partial charge in [0.1, 0.15) is 48.1 Å². The molecule has 0 amide bonds. The topological polar surface area (TPSA) is 187 Å². The van der Waals surface area contributed by atoms with Crippen molar-refractivity contribution in [2.24, 2.45) is 16.6 Å². The highest BCUT2D eigenvalue weighted by Crippen LogP contribution is 2.31. The first-order valence-corrected chi connectivity index (χ1v) is 15.2. The van der Waals surface area contributed by atoms with E-state index < -0.39 is 67.5 Å². The fraction of sp³-hybridized carbons (Fsp3) is 0.361. The molecule has 0 unspecified atom stereocenters. The highest BCUT2D eigenvalue weighted by atomic mass is 16.7. The molecule has 1 aliphatic carbocycles. The minimum atomic E-state index is -1.32. The van der Waals surface area contributed by atoms with Crippen molar-refractivity contribution in [3.8, 4) is 35.2 Å². The molecule has 11 nitrogen and oxygen atoms in total. The zero-order chi connectivity index (χ0) is 33.5. The van der Waals surface area contributed by atoms with Gasteiger partial charge < -0.3 is 50.6 Å². The maximum atomic E-state index is 10.4. The minimum Gasteiger partial charge on any atom is -0.488 e. The molecule has 8 N–H and O–H groups in total. The van der Waals surface area contributed by atoms with E-state index in [1.54, 1.807) is 30.3 Å². The molecule has 1 saturated carbocycles. The number of hydrogen-bond donors (Lipinski definition) is 7. The average Bonchev–Trinajstić information content (AvgIpc) is 3.09. The Hall–Kier alpha value is -4.27. The van der Waals surface area contributed by atoms with Crippen LogP contribution in [0.1, 0.15) is 28.7 Å². The van der Waals surface area contributed by atoms with Gasteiger partial charge in [0, 0.05) is 34.8 Å². The van der Waals surface area contributed by atoms with Gasteiger partial charge in [0.2, 0.25) is 6.29 Å². The van der Waals surface area contributed by atoms with Gasteiger partial charge in [-0.15, -0.1) is 0 Å². The molecule has 0 bridgehead atoms. The molecular formula is C36H38N2O9.